The van der Waals surface area contributed by atoms with E-state index in [4.69, 9.17) is 4.42 Å². The minimum Gasteiger partial charge on any atom is -0.388 e. The fraction of sp³-hybridized carbons (Fsp3) is 0.158. The normalized spacial score (nSPS) is 10.5. The van der Waals surface area contributed by atoms with E-state index in [1.807, 2.05) is 19.9 Å². The highest BCUT2D eigenvalue weighted by Gasteiger charge is 2.15. The quantitative estimate of drug-likeness (QED) is 0.719. The van der Waals surface area contributed by atoms with Crippen molar-refractivity contribution in [2.75, 3.05) is 5.32 Å². The summed E-state index contributed by atoms with van der Waals surface area (Å²) in [6, 6.07) is 9.77. The lowest BCUT2D eigenvalue weighted by atomic mass is 10.1. The van der Waals surface area contributed by atoms with Gasteiger partial charge in [0.2, 0.25) is 11.8 Å². The Kier molecular flexibility index (Phi) is 5.35. The monoisotopic (exact) mass is 384 g/mol. The first-order valence-electron chi connectivity index (χ1n) is 8.34. The van der Waals surface area contributed by atoms with E-state index in [0.29, 0.717) is 11.3 Å². The lowest BCUT2D eigenvalue weighted by Gasteiger charge is -2.08. The Morgan fingerprint density at radius 3 is 2.50 bits per heavy atom. The van der Waals surface area contributed by atoms with Crippen molar-refractivity contribution >= 4 is 17.6 Å². The molecule has 0 saturated carbocycles. The molecular formula is C19H17FN4O4. The molecule has 3 rings (SSSR count). The average Bonchev–Trinajstić information content (AvgIpc) is 2.99. The summed E-state index contributed by atoms with van der Waals surface area (Å²) in [5.41, 5.74) is 2.98. The molecule has 0 aliphatic rings. The number of hydrogen-bond acceptors (Lipinski definition) is 5. The van der Waals surface area contributed by atoms with E-state index >= 15 is 0 Å². The van der Waals surface area contributed by atoms with E-state index < -0.39 is 30.1 Å². The molecule has 8 nitrogen and oxygen atoms in total. The molecular weight excluding hydrogens is 367 g/mol. The van der Waals surface area contributed by atoms with Gasteiger partial charge in [0.1, 0.15) is 12.4 Å². The van der Waals surface area contributed by atoms with E-state index in [9.17, 15) is 18.8 Å². The number of rotatable bonds is 4. The lowest BCUT2D eigenvalue weighted by Crippen LogP contribution is -2.38. The molecule has 3 aromatic rings. The Bertz CT molecular complexity index is 1090. The Balaban J connectivity index is 1.63. The number of aromatic nitrogens is 2. The molecule has 3 amide bonds. The molecule has 0 fully saturated rings. The van der Waals surface area contributed by atoms with Crippen molar-refractivity contribution in [2.24, 2.45) is 0 Å². The minimum atomic E-state index is -0.871. The van der Waals surface area contributed by atoms with Crippen LogP contribution in [0.3, 0.4) is 0 Å². The summed E-state index contributed by atoms with van der Waals surface area (Å²) in [5.74, 6) is -2.12. The maximum Gasteiger partial charge on any atom is 0.437 e. The predicted octanol–water partition coefficient (Wildman–Crippen LogP) is 2.61. The zero-order valence-corrected chi connectivity index (χ0v) is 15.2. The first kappa shape index (κ1) is 19.0. The van der Waals surface area contributed by atoms with Crippen molar-refractivity contribution in [1.29, 1.82) is 0 Å². The molecule has 0 aliphatic carbocycles. The van der Waals surface area contributed by atoms with Crippen LogP contribution >= 0.6 is 0 Å². The number of halogens is 1. The topological polar surface area (TPSA) is 106 Å². The number of hydrogen-bond donors (Lipinski definition) is 2. The Morgan fingerprint density at radius 2 is 1.82 bits per heavy atom. The summed E-state index contributed by atoms with van der Waals surface area (Å²) in [6.07, 6.45) is 0. The lowest BCUT2D eigenvalue weighted by molar-refractivity contribution is -0.120. The van der Waals surface area contributed by atoms with E-state index in [1.54, 1.807) is 12.1 Å². The van der Waals surface area contributed by atoms with Gasteiger partial charge in [0.05, 0.1) is 0 Å². The molecule has 0 saturated heterocycles. The third-order valence-electron chi connectivity index (χ3n) is 4.01. The zero-order valence-electron chi connectivity index (χ0n) is 15.2. The Hall–Kier alpha value is -3.75. The van der Waals surface area contributed by atoms with Crippen molar-refractivity contribution < 1.29 is 18.4 Å². The molecule has 0 atom stereocenters. The number of aryl methyl sites for hydroxylation is 2. The fourth-order valence-electron chi connectivity index (χ4n) is 2.40. The zero-order chi connectivity index (χ0) is 20.3. The van der Waals surface area contributed by atoms with Crippen LogP contribution in [-0.2, 0) is 11.3 Å². The van der Waals surface area contributed by atoms with E-state index in [1.165, 1.54) is 24.3 Å². The van der Waals surface area contributed by atoms with Crippen LogP contribution in [0.25, 0.3) is 11.5 Å². The van der Waals surface area contributed by atoms with Gasteiger partial charge < -0.3 is 9.73 Å². The van der Waals surface area contributed by atoms with Crippen LogP contribution in [0.2, 0.25) is 0 Å². The van der Waals surface area contributed by atoms with Gasteiger partial charge in [0.15, 0.2) is 0 Å². The highest BCUT2D eigenvalue weighted by molar-refractivity contribution is 6.01. The number of carbonyl (C=O) groups is 2. The highest BCUT2D eigenvalue weighted by atomic mass is 19.1. The SMILES string of the molecule is Cc1ccc(NC(=O)NC(=O)Cn2nc(-c3ccc(F)cc3)oc2=O)cc1C. The molecule has 1 aromatic heterocycles. The molecule has 9 heteroatoms. The number of imide groups is 1. The van der Waals surface area contributed by atoms with Crippen molar-refractivity contribution in [3.05, 3.63) is 70.0 Å². The van der Waals surface area contributed by atoms with Crippen LogP contribution in [0, 0.1) is 19.7 Å². The molecule has 0 spiro atoms. The molecule has 0 bridgehead atoms. The number of nitrogens with zero attached hydrogens (tertiary/aromatic N) is 2. The molecule has 144 valence electrons. The van der Waals surface area contributed by atoms with Gasteiger partial charge >= 0.3 is 11.8 Å². The molecule has 0 unspecified atom stereocenters. The van der Waals surface area contributed by atoms with Crippen molar-refractivity contribution in [3.8, 4) is 11.5 Å². The van der Waals surface area contributed by atoms with Gasteiger partial charge in [-0.25, -0.2) is 14.0 Å². The summed E-state index contributed by atoms with van der Waals surface area (Å²) in [7, 11) is 0. The van der Waals surface area contributed by atoms with Gasteiger partial charge in [-0.15, -0.1) is 5.10 Å². The second-order valence-corrected chi connectivity index (χ2v) is 6.14. The van der Waals surface area contributed by atoms with Gasteiger partial charge in [0.25, 0.3) is 0 Å². The molecule has 1 heterocycles. The Labute approximate surface area is 159 Å². The van der Waals surface area contributed by atoms with E-state index in [-0.39, 0.29) is 5.89 Å². The third-order valence-corrected chi connectivity index (χ3v) is 4.01. The summed E-state index contributed by atoms with van der Waals surface area (Å²) in [5, 5.41) is 8.54. The van der Waals surface area contributed by atoms with Gasteiger partial charge in [0, 0.05) is 11.3 Å². The first-order valence-corrected chi connectivity index (χ1v) is 8.34. The molecule has 0 aliphatic heterocycles. The van der Waals surface area contributed by atoms with Crippen molar-refractivity contribution in [1.82, 2.24) is 15.1 Å². The fourth-order valence-corrected chi connectivity index (χ4v) is 2.40. The van der Waals surface area contributed by atoms with Crippen molar-refractivity contribution in [2.45, 2.75) is 20.4 Å². The van der Waals surface area contributed by atoms with Crippen LogP contribution < -0.4 is 16.4 Å². The molecule has 0 radical (unpaired) electrons. The summed E-state index contributed by atoms with van der Waals surface area (Å²) < 4.78 is 18.7. The number of nitrogens with one attached hydrogen (secondary N) is 2. The standard InChI is InChI=1S/C19H17FN4O4/c1-11-3-8-15(9-12(11)2)21-18(26)22-16(25)10-24-19(27)28-17(23-24)13-4-6-14(20)7-5-13/h3-9H,10H2,1-2H3,(H2,21,22,25,26). The first-order chi connectivity index (χ1) is 13.3. The summed E-state index contributed by atoms with van der Waals surface area (Å²) >= 11 is 0. The largest absolute Gasteiger partial charge is 0.437 e. The van der Waals surface area contributed by atoms with Crippen LogP contribution in [0.1, 0.15) is 11.1 Å². The van der Waals surface area contributed by atoms with Gasteiger partial charge in [-0.3, -0.25) is 10.1 Å². The van der Waals surface area contributed by atoms with Gasteiger partial charge in [-0.2, -0.15) is 4.68 Å². The number of amides is 3. The Morgan fingerprint density at radius 1 is 1.11 bits per heavy atom. The molecule has 2 aromatic carbocycles. The van der Waals surface area contributed by atoms with Crippen molar-refractivity contribution in [3.63, 3.8) is 0 Å². The van der Waals surface area contributed by atoms with Gasteiger partial charge in [-0.05, 0) is 61.4 Å². The number of anilines is 1. The molecule has 2 N–H and O–H groups in total. The predicted molar refractivity (Wildman–Crippen MR) is 99.2 cm³/mol. The summed E-state index contributed by atoms with van der Waals surface area (Å²) in [4.78, 5) is 35.8. The maximum atomic E-state index is 13.0. The van der Waals surface area contributed by atoms with Crippen LogP contribution in [0.15, 0.2) is 51.7 Å². The van der Waals surface area contributed by atoms with Crippen LogP contribution in [0.4, 0.5) is 14.9 Å². The minimum absolute atomic E-state index is 0.0580. The van der Waals surface area contributed by atoms with Gasteiger partial charge in [-0.1, -0.05) is 6.07 Å². The van der Waals surface area contributed by atoms with Crippen LogP contribution in [0.5, 0.6) is 0 Å². The number of carbonyl (C=O) groups excluding carboxylic acids is 2. The molecule has 28 heavy (non-hydrogen) atoms. The number of benzene rings is 2. The second-order valence-electron chi connectivity index (χ2n) is 6.14. The van der Waals surface area contributed by atoms with E-state index in [0.717, 1.165) is 15.8 Å². The number of urea groups is 1. The maximum absolute atomic E-state index is 13.0. The highest BCUT2D eigenvalue weighted by Crippen LogP contribution is 2.16. The van der Waals surface area contributed by atoms with Crippen LogP contribution in [-0.4, -0.2) is 21.7 Å². The average molecular weight is 384 g/mol. The third kappa shape index (κ3) is 4.50. The smallest absolute Gasteiger partial charge is 0.388 e. The second kappa shape index (κ2) is 7.87. The summed E-state index contributed by atoms with van der Waals surface area (Å²) in [6.45, 7) is 3.34. The van der Waals surface area contributed by atoms with E-state index in [2.05, 4.69) is 15.7 Å².